The first-order valence-corrected chi connectivity index (χ1v) is 15.1. The number of hydrogen-bond acceptors (Lipinski definition) is 1. The van der Waals surface area contributed by atoms with Gasteiger partial charge in [-0.05, 0) is 56.3 Å². The molecule has 0 spiro atoms. The zero-order valence-corrected chi connectivity index (χ0v) is 23.8. The van der Waals surface area contributed by atoms with Crippen LogP contribution in [0.2, 0.25) is 0 Å². The minimum Gasteiger partial charge on any atom is -0.455 e. The number of H-pyrrole nitrogens is 1. The summed E-state index contributed by atoms with van der Waals surface area (Å²) in [6, 6.07) is 52.5. The van der Waals surface area contributed by atoms with Crippen molar-refractivity contribution in [2.24, 2.45) is 0 Å². The Bertz CT molecular complexity index is 2720. The average Bonchev–Trinajstić information content (AvgIpc) is 3.66. The number of para-hydroxylation sites is 2. The molecule has 44 heavy (non-hydrogen) atoms. The molecule has 0 saturated carbocycles. The van der Waals surface area contributed by atoms with Crippen LogP contribution in [0.25, 0.3) is 98.3 Å². The summed E-state index contributed by atoms with van der Waals surface area (Å²) in [5.41, 5.74) is 9.01. The van der Waals surface area contributed by atoms with E-state index in [2.05, 4.69) is 145 Å². The maximum absolute atomic E-state index is 6.56. The molecule has 0 radical (unpaired) electrons. The highest BCUT2D eigenvalue weighted by molar-refractivity contribution is 6.25. The summed E-state index contributed by atoms with van der Waals surface area (Å²) in [6.07, 6.45) is 0. The van der Waals surface area contributed by atoms with Crippen LogP contribution in [0.3, 0.4) is 0 Å². The number of nitrogens with one attached hydrogen (secondary N) is 1. The third kappa shape index (κ3) is 3.20. The number of hydrogen-bond donors (Lipinski definition) is 1. The van der Waals surface area contributed by atoms with Crippen molar-refractivity contribution in [3.8, 4) is 22.3 Å². The minimum absolute atomic E-state index is 0.917. The highest BCUT2D eigenvalue weighted by atomic mass is 16.3. The van der Waals surface area contributed by atoms with Crippen molar-refractivity contribution >= 4 is 76.1 Å². The molecule has 2 nitrogen and oxygen atoms in total. The van der Waals surface area contributed by atoms with Gasteiger partial charge >= 0.3 is 0 Å². The van der Waals surface area contributed by atoms with E-state index >= 15 is 0 Å². The molecule has 2 aromatic heterocycles. The van der Waals surface area contributed by atoms with Gasteiger partial charge in [-0.25, -0.2) is 0 Å². The zero-order chi connectivity index (χ0) is 28.8. The van der Waals surface area contributed by atoms with Gasteiger partial charge in [0.05, 0.1) is 5.52 Å². The molecule has 0 bridgehead atoms. The molecule has 10 rings (SSSR count). The van der Waals surface area contributed by atoms with Gasteiger partial charge < -0.3 is 9.40 Å². The molecule has 0 amide bonds. The largest absolute Gasteiger partial charge is 0.455 e. The fraction of sp³-hybridized carbons (Fsp3) is 0. The Labute approximate surface area is 252 Å². The smallest absolute Gasteiger partial charge is 0.143 e. The molecule has 0 unspecified atom stereocenters. The molecule has 0 aliphatic carbocycles. The van der Waals surface area contributed by atoms with E-state index in [1.807, 2.05) is 6.07 Å². The quantitative estimate of drug-likeness (QED) is 0.210. The fourth-order valence-electron chi connectivity index (χ4n) is 7.47. The lowest BCUT2D eigenvalue weighted by Gasteiger charge is -2.18. The molecule has 0 aliphatic heterocycles. The van der Waals surface area contributed by atoms with Crippen LogP contribution in [-0.2, 0) is 0 Å². The monoisotopic (exact) mass is 559 g/mol. The van der Waals surface area contributed by atoms with E-state index in [4.69, 9.17) is 4.42 Å². The summed E-state index contributed by atoms with van der Waals surface area (Å²) in [6.45, 7) is 0. The first-order valence-electron chi connectivity index (χ1n) is 15.1. The van der Waals surface area contributed by atoms with Crippen molar-refractivity contribution in [3.05, 3.63) is 146 Å². The Kier molecular flexibility index (Phi) is 4.75. The topological polar surface area (TPSA) is 28.9 Å². The Morgan fingerprint density at radius 1 is 0.409 bits per heavy atom. The van der Waals surface area contributed by atoms with Gasteiger partial charge in [0.2, 0.25) is 0 Å². The average molecular weight is 560 g/mol. The maximum atomic E-state index is 6.56. The van der Waals surface area contributed by atoms with Crippen molar-refractivity contribution in [1.29, 1.82) is 0 Å². The third-order valence-corrected chi connectivity index (χ3v) is 9.39. The molecular weight excluding hydrogens is 534 g/mol. The standard InChI is InChI=1S/C42H25NO/c1-2-11-27-25(10-1)20-22-33-36-24-26(21-23-37(36)43-41(27)33)39-29-13-3-5-15-31(29)40(32-16-6-4-14-30(32)39)35-18-9-17-34-28-12-7-8-19-38(28)44-42(34)35/h1-24,43H. The lowest BCUT2D eigenvalue weighted by Crippen LogP contribution is -1.91. The SMILES string of the molecule is c1ccc2c(c1)ccc1c3cc(-c4c5ccccc5c(-c5cccc6c5oc5ccccc56)c5ccccc45)ccc3[nH]c21. The van der Waals surface area contributed by atoms with Crippen molar-refractivity contribution in [2.45, 2.75) is 0 Å². The number of aromatic nitrogens is 1. The molecule has 1 N–H and O–H groups in total. The predicted octanol–water partition coefficient (Wildman–Crippen LogP) is 12.0. The second-order valence-electron chi connectivity index (χ2n) is 11.7. The molecule has 0 fully saturated rings. The summed E-state index contributed by atoms with van der Waals surface area (Å²) in [4.78, 5) is 3.72. The number of rotatable bonds is 2. The van der Waals surface area contributed by atoms with E-state index < -0.39 is 0 Å². The predicted molar refractivity (Wildman–Crippen MR) is 186 cm³/mol. The maximum Gasteiger partial charge on any atom is 0.143 e. The molecule has 8 aromatic carbocycles. The molecule has 2 heterocycles. The first kappa shape index (κ1) is 23.7. The first-order chi connectivity index (χ1) is 21.8. The highest BCUT2D eigenvalue weighted by Gasteiger charge is 2.20. The van der Waals surface area contributed by atoms with Gasteiger partial charge in [-0.15, -0.1) is 0 Å². The van der Waals surface area contributed by atoms with E-state index in [1.165, 1.54) is 65.3 Å². The van der Waals surface area contributed by atoms with Crippen molar-refractivity contribution in [1.82, 2.24) is 4.98 Å². The summed E-state index contributed by atoms with van der Waals surface area (Å²) in [7, 11) is 0. The zero-order valence-electron chi connectivity index (χ0n) is 23.8. The molecular formula is C42H25NO. The van der Waals surface area contributed by atoms with E-state index in [0.29, 0.717) is 0 Å². The van der Waals surface area contributed by atoms with Gasteiger partial charge in [-0.2, -0.15) is 0 Å². The van der Waals surface area contributed by atoms with Crippen LogP contribution in [-0.4, -0.2) is 4.98 Å². The Morgan fingerprint density at radius 2 is 1.05 bits per heavy atom. The van der Waals surface area contributed by atoms with Crippen molar-refractivity contribution in [2.75, 3.05) is 0 Å². The second-order valence-corrected chi connectivity index (χ2v) is 11.7. The van der Waals surface area contributed by atoms with Crippen LogP contribution in [0.15, 0.2) is 150 Å². The third-order valence-electron chi connectivity index (χ3n) is 9.39. The molecule has 2 heteroatoms. The van der Waals surface area contributed by atoms with Crippen LogP contribution in [0, 0.1) is 0 Å². The van der Waals surface area contributed by atoms with Gasteiger partial charge in [0.25, 0.3) is 0 Å². The van der Waals surface area contributed by atoms with Crippen LogP contribution >= 0.6 is 0 Å². The van der Waals surface area contributed by atoms with Gasteiger partial charge in [0.15, 0.2) is 0 Å². The summed E-state index contributed by atoms with van der Waals surface area (Å²) < 4.78 is 6.56. The van der Waals surface area contributed by atoms with Gasteiger partial charge in [-0.3, -0.25) is 0 Å². The lowest BCUT2D eigenvalue weighted by molar-refractivity contribution is 0.670. The highest BCUT2D eigenvalue weighted by Crippen LogP contribution is 2.47. The Morgan fingerprint density at radius 3 is 1.82 bits per heavy atom. The molecule has 0 atom stereocenters. The summed E-state index contributed by atoms with van der Waals surface area (Å²) in [5.74, 6) is 0. The van der Waals surface area contributed by atoms with E-state index in [-0.39, 0.29) is 0 Å². The van der Waals surface area contributed by atoms with Crippen LogP contribution in [0.5, 0.6) is 0 Å². The molecule has 10 aromatic rings. The van der Waals surface area contributed by atoms with Crippen LogP contribution < -0.4 is 0 Å². The fourth-order valence-corrected chi connectivity index (χ4v) is 7.47. The van der Waals surface area contributed by atoms with Crippen LogP contribution in [0.1, 0.15) is 0 Å². The minimum atomic E-state index is 0.917. The Hall–Kier alpha value is -5.86. The van der Waals surface area contributed by atoms with Crippen molar-refractivity contribution < 1.29 is 4.42 Å². The lowest BCUT2D eigenvalue weighted by atomic mass is 9.85. The van der Waals surface area contributed by atoms with E-state index in [0.717, 1.165) is 33.0 Å². The van der Waals surface area contributed by atoms with Crippen LogP contribution in [0.4, 0.5) is 0 Å². The molecule has 204 valence electrons. The summed E-state index contributed by atoms with van der Waals surface area (Å²) >= 11 is 0. The van der Waals surface area contributed by atoms with E-state index in [1.54, 1.807) is 0 Å². The van der Waals surface area contributed by atoms with Gasteiger partial charge in [-0.1, -0.05) is 127 Å². The van der Waals surface area contributed by atoms with Crippen molar-refractivity contribution in [3.63, 3.8) is 0 Å². The van der Waals surface area contributed by atoms with Gasteiger partial charge in [0, 0.05) is 43.6 Å². The van der Waals surface area contributed by atoms with Gasteiger partial charge in [0.1, 0.15) is 11.2 Å². The molecule has 0 aliphatic rings. The summed E-state index contributed by atoms with van der Waals surface area (Å²) in [5, 5.41) is 12.2. The number of benzene rings is 8. The normalized spacial score (nSPS) is 12.1. The number of furan rings is 1. The number of aromatic amines is 1. The van der Waals surface area contributed by atoms with E-state index in [9.17, 15) is 0 Å². The number of fused-ring (bicyclic) bond motifs is 10. The molecule has 0 saturated heterocycles. The Balaban J connectivity index is 1.30. The second kappa shape index (κ2) is 8.82.